The number of piperazine rings is 1. The lowest BCUT2D eigenvalue weighted by Gasteiger charge is -2.35. The molecule has 2 aliphatic rings. The van der Waals surface area contributed by atoms with Gasteiger partial charge in [-0.25, -0.2) is 4.79 Å². The van der Waals surface area contributed by atoms with Crippen LogP contribution in [0.2, 0.25) is 0 Å². The fraction of sp³-hybridized carbons (Fsp3) is 0.909. The molecule has 0 radical (unpaired) electrons. The zero-order valence-electron chi connectivity index (χ0n) is 9.62. The molecule has 0 saturated carbocycles. The first kappa shape index (κ1) is 11.8. The summed E-state index contributed by atoms with van der Waals surface area (Å²) in [5, 5.41) is 3.33. The van der Waals surface area contributed by atoms with Crippen molar-refractivity contribution in [3.05, 3.63) is 0 Å². The molecule has 16 heavy (non-hydrogen) atoms. The second kappa shape index (κ2) is 5.59. The van der Waals surface area contributed by atoms with Gasteiger partial charge in [-0.2, -0.15) is 0 Å². The van der Waals surface area contributed by atoms with Crippen molar-refractivity contribution in [2.24, 2.45) is 5.92 Å². The molecule has 0 atom stereocenters. The minimum absolute atomic E-state index is 0.589. The van der Waals surface area contributed by atoms with E-state index in [9.17, 15) is 9.18 Å². The number of rotatable bonds is 2. The van der Waals surface area contributed by atoms with Crippen molar-refractivity contribution in [3.63, 3.8) is 0 Å². The van der Waals surface area contributed by atoms with Crippen LogP contribution in [0.1, 0.15) is 12.8 Å². The van der Waals surface area contributed by atoms with E-state index in [1.807, 2.05) is 0 Å². The Morgan fingerprint density at radius 1 is 1.19 bits per heavy atom. The summed E-state index contributed by atoms with van der Waals surface area (Å²) in [5.41, 5.74) is 0. The maximum atomic E-state index is 12.4. The fourth-order valence-electron chi connectivity index (χ4n) is 2.55. The van der Waals surface area contributed by atoms with Gasteiger partial charge in [-0.1, -0.05) is 0 Å². The quantitative estimate of drug-likeness (QED) is 0.559. The minimum Gasteiger partial charge on any atom is -0.315 e. The van der Waals surface area contributed by atoms with Crippen molar-refractivity contribution in [1.29, 1.82) is 0 Å². The van der Waals surface area contributed by atoms with Crippen molar-refractivity contribution in [3.8, 4) is 0 Å². The number of hydrogen-bond donors (Lipinski definition) is 1. The Morgan fingerprint density at radius 3 is 2.38 bits per heavy atom. The van der Waals surface area contributed by atoms with Crippen LogP contribution in [-0.2, 0) is 0 Å². The first-order valence-corrected chi connectivity index (χ1v) is 6.13. The molecule has 0 aromatic carbocycles. The third-order valence-electron chi connectivity index (χ3n) is 3.59. The highest BCUT2D eigenvalue weighted by Gasteiger charge is 2.24. The number of likely N-dealkylation sites (tertiary alicyclic amines) is 1. The summed E-state index contributed by atoms with van der Waals surface area (Å²) in [7, 11) is 0. The number of amides is 1. The standard InChI is InChI=1S/C11H20FN3O/c12-11(16)15-5-1-10(2-6-15)9-14-7-3-13-4-8-14/h10,13H,1-9H2. The van der Waals surface area contributed by atoms with Crippen molar-refractivity contribution in [1.82, 2.24) is 15.1 Å². The van der Waals surface area contributed by atoms with Crippen molar-refractivity contribution in [2.45, 2.75) is 12.8 Å². The molecule has 4 nitrogen and oxygen atoms in total. The Bertz CT molecular complexity index is 235. The molecular formula is C11H20FN3O. The van der Waals surface area contributed by atoms with Gasteiger partial charge < -0.3 is 15.1 Å². The molecule has 92 valence electrons. The van der Waals surface area contributed by atoms with Gasteiger partial charge in [-0.3, -0.25) is 0 Å². The summed E-state index contributed by atoms with van der Waals surface area (Å²) < 4.78 is 12.4. The van der Waals surface area contributed by atoms with Crippen LogP contribution in [0, 0.1) is 5.92 Å². The molecule has 2 aliphatic heterocycles. The van der Waals surface area contributed by atoms with Gasteiger partial charge in [0.1, 0.15) is 0 Å². The van der Waals surface area contributed by atoms with Crippen LogP contribution in [0.15, 0.2) is 0 Å². The van der Waals surface area contributed by atoms with Gasteiger partial charge in [0.15, 0.2) is 0 Å². The highest BCUT2D eigenvalue weighted by atomic mass is 19.1. The molecule has 0 aromatic heterocycles. The van der Waals surface area contributed by atoms with Crippen LogP contribution in [0.4, 0.5) is 9.18 Å². The summed E-state index contributed by atoms with van der Waals surface area (Å²) in [4.78, 5) is 14.3. The molecular weight excluding hydrogens is 209 g/mol. The van der Waals surface area contributed by atoms with E-state index in [0.717, 1.165) is 45.6 Å². The number of piperidine rings is 1. The first-order valence-electron chi connectivity index (χ1n) is 6.13. The molecule has 0 aliphatic carbocycles. The van der Waals surface area contributed by atoms with Crippen molar-refractivity contribution < 1.29 is 9.18 Å². The van der Waals surface area contributed by atoms with E-state index in [-0.39, 0.29) is 0 Å². The minimum atomic E-state index is -1.26. The van der Waals surface area contributed by atoms with Gasteiger partial charge in [0.05, 0.1) is 0 Å². The lowest BCUT2D eigenvalue weighted by Crippen LogP contribution is -2.47. The fourth-order valence-corrected chi connectivity index (χ4v) is 2.55. The topological polar surface area (TPSA) is 35.6 Å². The predicted octanol–water partition coefficient (Wildman–Crippen LogP) is 0.693. The highest BCUT2D eigenvalue weighted by Crippen LogP contribution is 2.19. The average molecular weight is 229 g/mol. The summed E-state index contributed by atoms with van der Waals surface area (Å²) in [5.74, 6) is 0.633. The van der Waals surface area contributed by atoms with E-state index in [2.05, 4.69) is 10.2 Å². The summed E-state index contributed by atoms with van der Waals surface area (Å²) in [6.45, 7) is 6.66. The predicted molar refractivity (Wildman–Crippen MR) is 60.1 cm³/mol. The maximum absolute atomic E-state index is 12.4. The summed E-state index contributed by atoms with van der Waals surface area (Å²) in [6, 6.07) is 0. The lowest BCUT2D eigenvalue weighted by atomic mass is 9.96. The third-order valence-corrected chi connectivity index (χ3v) is 3.59. The average Bonchev–Trinajstić information content (AvgIpc) is 2.31. The molecule has 0 unspecified atom stereocenters. The number of carbonyl (C=O) groups is 1. The zero-order valence-corrected chi connectivity index (χ0v) is 9.62. The van der Waals surface area contributed by atoms with E-state index < -0.39 is 6.16 Å². The molecule has 0 bridgehead atoms. The van der Waals surface area contributed by atoms with E-state index in [0.29, 0.717) is 19.0 Å². The molecule has 2 saturated heterocycles. The van der Waals surface area contributed by atoms with Crippen LogP contribution in [0.25, 0.3) is 0 Å². The molecule has 1 amide bonds. The van der Waals surface area contributed by atoms with Gasteiger partial charge >= 0.3 is 6.16 Å². The van der Waals surface area contributed by atoms with Crippen LogP contribution < -0.4 is 5.32 Å². The normalized spacial score (nSPS) is 24.7. The SMILES string of the molecule is O=C(F)N1CCC(CN2CCNCC2)CC1. The van der Waals surface area contributed by atoms with E-state index in [1.165, 1.54) is 4.90 Å². The molecule has 1 N–H and O–H groups in total. The first-order chi connectivity index (χ1) is 7.75. The van der Waals surface area contributed by atoms with Gasteiger partial charge in [0.25, 0.3) is 0 Å². The Hall–Kier alpha value is -0.680. The van der Waals surface area contributed by atoms with Crippen LogP contribution >= 0.6 is 0 Å². The van der Waals surface area contributed by atoms with Crippen LogP contribution in [0.3, 0.4) is 0 Å². The van der Waals surface area contributed by atoms with Crippen molar-refractivity contribution >= 4 is 6.16 Å². The third kappa shape index (κ3) is 3.15. The van der Waals surface area contributed by atoms with Gasteiger partial charge in [-0.15, -0.1) is 4.39 Å². The van der Waals surface area contributed by atoms with Gasteiger partial charge in [-0.05, 0) is 18.8 Å². The van der Waals surface area contributed by atoms with E-state index >= 15 is 0 Å². The molecule has 5 heteroatoms. The number of carbonyl (C=O) groups excluding carboxylic acids is 1. The zero-order chi connectivity index (χ0) is 11.4. The molecule has 2 rings (SSSR count). The number of nitrogens with zero attached hydrogens (tertiary/aromatic N) is 2. The highest BCUT2D eigenvalue weighted by molar-refractivity contribution is 5.66. The van der Waals surface area contributed by atoms with Gasteiger partial charge in [0, 0.05) is 45.8 Å². The Labute approximate surface area is 95.8 Å². The smallest absolute Gasteiger partial charge is 0.315 e. The maximum Gasteiger partial charge on any atom is 0.400 e. The molecule has 2 fully saturated rings. The van der Waals surface area contributed by atoms with E-state index in [4.69, 9.17) is 0 Å². The Kier molecular flexibility index (Phi) is 4.12. The van der Waals surface area contributed by atoms with Crippen molar-refractivity contribution in [2.75, 3.05) is 45.8 Å². The van der Waals surface area contributed by atoms with E-state index in [1.54, 1.807) is 0 Å². The Balaban J connectivity index is 1.70. The lowest BCUT2D eigenvalue weighted by molar-refractivity contribution is 0.128. The van der Waals surface area contributed by atoms with Crippen LogP contribution in [0.5, 0.6) is 0 Å². The second-order valence-corrected chi connectivity index (χ2v) is 4.73. The number of hydrogen-bond acceptors (Lipinski definition) is 3. The number of nitrogens with one attached hydrogen (secondary N) is 1. The molecule has 0 spiro atoms. The largest absolute Gasteiger partial charge is 0.400 e. The van der Waals surface area contributed by atoms with Gasteiger partial charge in [0.2, 0.25) is 0 Å². The second-order valence-electron chi connectivity index (χ2n) is 4.73. The summed E-state index contributed by atoms with van der Waals surface area (Å²) in [6.07, 6.45) is 0.625. The van der Waals surface area contributed by atoms with Crippen LogP contribution in [-0.4, -0.2) is 61.8 Å². The summed E-state index contributed by atoms with van der Waals surface area (Å²) >= 11 is 0. The Morgan fingerprint density at radius 2 is 1.81 bits per heavy atom. The monoisotopic (exact) mass is 229 g/mol. The number of halogens is 1. The molecule has 0 aromatic rings. The molecule has 2 heterocycles.